The Labute approximate surface area is 99.5 Å². The molecule has 17 heavy (non-hydrogen) atoms. The Bertz CT molecular complexity index is 538. The molecule has 0 fully saturated rings. The molecule has 4 heteroatoms. The van der Waals surface area contributed by atoms with Crippen LogP contribution in [0.15, 0.2) is 42.7 Å². The Morgan fingerprint density at radius 2 is 1.94 bits per heavy atom. The van der Waals surface area contributed by atoms with E-state index >= 15 is 0 Å². The Hall–Kier alpha value is -2.36. The molecule has 0 aliphatic carbocycles. The third kappa shape index (κ3) is 2.60. The molecule has 0 saturated heterocycles. The number of primary amides is 1. The summed E-state index contributed by atoms with van der Waals surface area (Å²) in [6, 6.07) is 9.04. The number of carbonyl (C=O) groups excluding carboxylic acids is 1. The van der Waals surface area contributed by atoms with Crippen LogP contribution in [-0.2, 0) is 0 Å². The summed E-state index contributed by atoms with van der Waals surface area (Å²) in [5, 5.41) is 2.63. The molecule has 1 aromatic carbocycles. The predicted molar refractivity (Wildman–Crippen MR) is 67.6 cm³/mol. The number of pyridine rings is 1. The van der Waals surface area contributed by atoms with Gasteiger partial charge in [-0.15, -0.1) is 0 Å². The summed E-state index contributed by atoms with van der Waals surface area (Å²) in [7, 11) is 0. The van der Waals surface area contributed by atoms with Crippen molar-refractivity contribution < 1.29 is 4.79 Å². The van der Waals surface area contributed by atoms with E-state index in [0.29, 0.717) is 5.69 Å². The van der Waals surface area contributed by atoms with Gasteiger partial charge in [0.2, 0.25) is 0 Å². The maximum atomic E-state index is 11.0. The van der Waals surface area contributed by atoms with Crippen LogP contribution in [0.4, 0.5) is 10.5 Å². The zero-order valence-corrected chi connectivity index (χ0v) is 9.47. The van der Waals surface area contributed by atoms with Gasteiger partial charge >= 0.3 is 6.03 Å². The monoisotopic (exact) mass is 227 g/mol. The third-order valence-corrected chi connectivity index (χ3v) is 2.42. The second kappa shape index (κ2) is 4.65. The molecule has 1 heterocycles. The minimum Gasteiger partial charge on any atom is -0.351 e. The lowest BCUT2D eigenvalue weighted by Gasteiger charge is -2.10. The summed E-state index contributed by atoms with van der Waals surface area (Å²) < 4.78 is 0. The van der Waals surface area contributed by atoms with Crippen molar-refractivity contribution in [1.82, 2.24) is 4.98 Å². The van der Waals surface area contributed by atoms with E-state index < -0.39 is 6.03 Å². The molecule has 0 aliphatic rings. The van der Waals surface area contributed by atoms with Gasteiger partial charge in [0.1, 0.15) is 0 Å². The van der Waals surface area contributed by atoms with Crippen LogP contribution in [0.2, 0.25) is 0 Å². The van der Waals surface area contributed by atoms with Crippen LogP contribution in [0.1, 0.15) is 5.56 Å². The summed E-state index contributed by atoms with van der Waals surface area (Å²) in [5.74, 6) is 0. The summed E-state index contributed by atoms with van der Waals surface area (Å²) in [6.45, 7) is 1.96. The second-order valence-corrected chi connectivity index (χ2v) is 3.77. The summed E-state index contributed by atoms with van der Waals surface area (Å²) in [6.07, 6.45) is 3.42. The fraction of sp³-hybridized carbons (Fsp3) is 0.0769. The lowest BCUT2D eigenvalue weighted by atomic mass is 10.0. The number of aromatic nitrogens is 1. The molecule has 86 valence electrons. The number of urea groups is 1. The molecule has 0 saturated carbocycles. The normalized spacial score (nSPS) is 9.94. The topological polar surface area (TPSA) is 68.0 Å². The fourth-order valence-corrected chi connectivity index (χ4v) is 1.68. The molecule has 3 N–H and O–H groups in total. The summed E-state index contributed by atoms with van der Waals surface area (Å²) in [4.78, 5) is 14.9. The van der Waals surface area contributed by atoms with Gasteiger partial charge in [-0.05, 0) is 36.2 Å². The van der Waals surface area contributed by atoms with Gasteiger partial charge in [-0.1, -0.05) is 12.1 Å². The number of nitrogens with zero attached hydrogens (tertiary/aromatic N) is 1. The minimum absolute atomic E-state index is 0.564. The van der Waals surface area contributed by atoms with E-state index in [9.17, 15) is 4.79 Å². The highest BCUT2D eigenvalue weighted by Gasteiger charge is 2.06. The smallest absolute Gasteiger partial charge is 0.316 e. The van der Waals surface area contributed by atoms with Crippen LogP contribution >= 0.6 is 0 Å². The van der Waals surface area contributed by atoms with Gasteiger partial charge in [0.15, 0.2) is 0 Å². The van der Waals surface area contributed by atoms with Crippen molar-refractivity contribution in [2.24, 2.45) is 5.73 Å². The number of aryl methyl sites for hydroxylation is 1. The number of amides is 2. The van der Waals surface area contributed by atoms with Crippen molar-refractivity contribution in [2.45, 2.75) is 6.92 Å². The molecule has 0 bridgehead atoms. The van der Waals surface area contributed by atoms with Gasteiger partial charge in [-0.25, -0.2) is 4.79 Å². The molecular weight excluding hydrogens is 214 g/mol. The van der Waals surface area contributed by atoms with E-state index in [4.69, 9.17) is 5.73 Å². The Kier molecular flexibility index (Phi) is 3.05. The van der Waals surface area contributed by atoms with Gasteiger partial charge in [0, 0.05) is 18.0 Å². The highest BCUT2D eigenvalue weighted by molar-refractivity contribution is 5.93. The standard InChI is InChI=1S/C13H13N3O/c1-9-2-3-11(10-4-6-15-7-5-10)12(8-9)16-13(14)17/h2-8H,1H3,(H3,14,16,17). The highest BCUT2D eigenvalue weighted by atomic mass is 16.2. The van der Waals surface area contributed by atoms with Crippen LogP contribution in [0.3, 0.4) is 0 Å². The van der Waals surface area contributed by atoms with Crippen molar-refractivity contribution in [3.63, 3.8) is 0 Å². The average molecular weight is 227 g/mol. The molecule has 0 aliphatic heterocycles. The number of hydrogen-bond donors (Lipinski definition) is 2. The lowest BCUT2D eigenvalue weighted by Crippen LogP contribution is -2.19. The maximum absolute atomic E-state index is 11.0. The average Bonchev–Trinajstić information content (AvgIpc) is 2.29. The molecule has 0 atom stereocenters. The van der Waals surface area contributed by atoms with Crippen LogP contribution in [-0.4, -0.2) is 11.0 Å². The van der Waals surface area contributed by atoms with Crippen molar-refractivity contribution in [2.75, 3.05) is 5.32 Å². The van der Waals surface area contributed by atoms with Crippen molar-refractivity contribution in [3.05, 3.63) is 48.3 Å². The number of nitrogens with two attached hydrogens (primary N) is 1. The number of hydrogen-bond acceptors (Lipinski definition) is 2. The second-order valence-electron chi connectivity index (χ2n) is 3.77. The van der Waals surface area contributed by atoms with E-state index in [0.717, 1.165) is 16.7 Å². The minimum atomic E-state index is -0.564. The van der Waals surface area contributed by atoms with Crippen molar-refractivity contribution >= 4 is 11.7 Å². The number of nitrogens with one attached hydrogen (secondary N) is 1. The molecule has 2 amide bonds. The predicted octanol–water partition coefficient (Wildman–Crippen LogP) is 2.55. The molecule has 0 spiro atoms. The van der Waals surface area contributed by atoms with Crippen molar-refractivity contribution in [1.29, 1.82) is 0 Å². The van der Waals surface area contributed by atoms with E-state index in [1.165, 1.54) is 0 Å². The Balaban J connectivity index is 2.50. The van der Waals surface area contributed by atoms with Gasteiger partial charge in [0.05, 0.1) is 5.69 Å². The van der Waals surface area contributed by atoms with Crippen LogP contribution in [0, 0.1) is 6.92 Å². The van der Waals surface area contributed by atoms with E-state index in [1.807, 2.05) is 37.3 Å². The van der Waals surface area contributed by atoms with E-state index in [2.05, 4.69) is 10.3 Å². The molecule has 4 nitrogen and oxygen atoms in total. The van der Waals surface area contributed by atoms with Crippen LogP contribution < -0.4 is 11.1 Å². The van der Waals surface area contributed by atoms with Gasteiger partial charge in [-0.3, -0.25) is 4.98 Å². The molecule has 0 radical (unpaired) electrons. The van der Waals surface area contributed by atoms with Gasteiger partial charge < -0.3 is 11.1 Å². The summed E-state index contributed by atoms with van der Waals surface area (Å²) >= 11 is 0. The molecule has 1 aromatic heterocycles. The first kappa shape index (κ1) is 11.1. The first-order valence-electron chi connectivity index (χ1n) is 5.24. The zero-order valence-electron chi connectivity index (χ0n) is 9.47. The van der Waals surface area contributed by atoms with E-state index in [1.54, 1.807) is 12.4 Å². The van der Waals surface area contributed by atoms with Gasteiger partial charge in [0.25, 0.3) is 0 Å². The fourth-order valence-electron chi connectivity index (χ4n) is 1.68. The van der Waals surface area contributed by atoms with E-state index in [-0.39, 0.29) is 0 Å². The number of benzene rings is 1. The molecule has 2 rings (SSSR count). The number of anilines is 1. The maximum Gasteiger partial charge on any atom is 0.316 e. The molecular formula is C13H13N3O. The largest absolute Gasteiger partial charge is 0.351 e. The summed E-state index contributed by atoms with van der Waals surface area (Å²) in [5.41, 5.74) is 8.85. The highest BCUT2D eigenvalue weighted by Crippen LogP contribution is 2.28. The quantitative estimate of drug-likeness (QED) is 0.827. The molecule has 0 unspecified atom stereocenters. The van der Waals surface area contributed by atoms with Crippen molar-refractivity contribution in [3.8, 4) is 11.1 Å². The Morgan fingerprint density at radius 1 is 1.24 bits per heavy atom. The first-order valence-corrected chi connectivity index (χ1v) is 5.24. The first-order chi connectivity index (χ1) is 8.16. The SMILES string of the molecule is Cc1ccc(-c2ccncc2)c(NC(N)=O)c1. The zero-order chi connectivity index (χ0) is 12.3. The number of carbonyl (C=O) groups is 1. The Morgan fingerprint density at radius 3 is 2.59 bits per heavy atom. The van der Waals surface area contributed by atoms with Gasteiger partial charge in [-0.2, -0.15) is 0 Å². The lowest BCUT2D eigenvalue weighted by molar-refractivity contribution is 0.259. The molecule has 2 aromatic rings. The number of rotatable bonds is 2. The van der Waals surface area contributed by atoms with Crippen LogP contribution in [0.25, 0.3) is 11.1 Å². The third-order valence-electron chi connectivity index (χ3n) is 2.42. The van der Waals surface area contributed by atoms with Crippen LogP contribution in [0.5, 0.6) is 0 Å².